The number of rotatable bonds is 8. The van der Waals surface area contributed by atoms with Gasteiger partial charge >= 0.3 is 0 Å². The molecule has 2 atom stereocenters. The molecule has 1 fully saturated rings. The molecule has 252 valence electrons. The van der Waals surface area contributed by atoms with E-state index in [2.05, 4.69) is 21.6 Å². The maximum absolute atomic E-state index is 14.5. The summed E-state index contributed by atoms with van der Waals surface area (Å²) in [6, 6.07) is 13.7. The first-order valence-electron chi connectivity index (χ1n) is 16.8. The van der Waals surface area contributed by atoms with Crippen molar-refractivity contribution in [2.45, 2.75) is 57.5 Å². The lowest BCUT2D eigenvalue weighted by Gasteiger charge is -2.16. The number of benzene rings is 2. The lowest BCUT2D eigenvalue weighted by molar-refractivity contribution is 0.0776. The van der Waals surface area contributed by atoms with Crippen LogP contribution in [-0.4, -0.2) is 44.6 Å². The van der Waals surface area contributed by atoms with Crippen LogP contribution in [0.25, 0.3) is 32.0 Å². The van der Waals surface area contributed by atoms with Crippen molar-refractivity contribution in [3.63, 3.8) is 0 Å². The van der Waals surface area contributed by atoms with Crippen molar-refractivity contribution in [3.8, 4) is 27.6 Å². The molecule has 1 amide bonds. The summed E-state index contributed by atoms with van der Waals surface area (Å²) in [7, 11) is 1.50. The smallest absolute Gasteiger partial charge is 0.257 e. The molecule has 0 saturated carbocycles. The molecule has 6 aromatic rings. The average Bonchev–Trinajstić information content (AvgIpc) is 3.95. The molecule has 0 radical (unpaired) electrons. The van der Waals surface area contributed by atoms with Crippen molar-refractivity contribution in [3.05, 3.63) is 106 Å². The molecule has 2 aromatic carbocycles. The number of pyridine rings is 2. The predicted molar refractivity (Wildman–Crippen MR) is 185 cm³/mol. The lowest BCUT2D eigenvalue weighted by Crippen LogP contribution is -2.22. The zero-order valence-corrected chi connectivity index (χ0v) is 28.2. The number of methoxy groups -OCH3 is 1. The molecule has 4 aromatic heterocycles. The van der Waals surface area contributed by atoms with Crippen molar-refractivity contribution in [1.82, 2.24) is 25.1 Å². The van der Waals surface area contributed by atoms with Crippen LogP contribution in [0.1, 0.15) is 75.7 Å². The quantitative estimate of drug-likeness (QED) is 0.171. The van der Waals surface area contributed by atoms with Gasteiger partial charge in [-0.1, -0.05) is 18.2 Å². The standard InChI is InChI=1S/C38H32F2N6O3S/c1-19-44-45-37(49-19)30-27(12-8-20-5-3-6-22(39)17-20)42-33-28-7-4-16-46(28)38(47)32(33)31(30)29-18-21-14-15-41-36(35(21)50-29)43-26-13-10-24-23(26)9-11-25(40)34(24)48-2/h3,5-6,9,11,14-15,17-18,26,28H,4,7-8,10,12-13,16H2,1-2H3,(H,41,43)/t26?,28-/m0/s1. The van der Waals surface area contributed by atoms with Gasteiger partial charge < -0.3 is 19.4 Å². The highest BCUT2D eigenvalue weighted by Crippen LogP contribution is 2.51. The van der Waals surface area contributed by atoms with Crippen LogP contribution in [0.2, 0.25) is 0 Å². The van der Waals surface area contributed by atoms with Crippen molar-refractivity contribution in [2.75, 3.05) is 19.0 Å². The van der Waals surface area contributed by atoms with Gasteiger partial charge in [0.15, 0.2) is 11.6 Å². The maximum atomic E-state index is 14.5. The molecule has 1 unspecified atom stereocenters. The van der Waals surface area contributed by atoms with Gasteiger partial charge in [0.05, 0.1) is 46.4 Å². The number of nitrogens with one attached hydrogen (secondary N) is 1. The molecular formula is C38H32F2N6O3S. The minimum atomic E-state index is -0.363. The predicted octanol–water partition coefficient (Wildman–Crippen LogP) is 8.18. The van der Waals surface area contributed by atoms with Crippen LogP contribution < -0.4 is 10.1 Å². The Labute approximate surface area is 290 Å². The second-order valence-corrected chi connectivity index (χ2v) is 14.1. The first-order valence-corrected chi connectivity index (χ1v) is 17.6. The summed E-state index contributed by atoms with van der Waals surface area (Å²) >= 11 is 1.54. The Balaban J connectivity index is 1.20. The summed E-state index contributed by atoms with van der Waals surface area (Å²) < 4.78 is 41.0. The summed E-state index contributed by atoms with van der Waals surface area (Å²) in [4.78, 5) is 26.9. The molecule has 0 spiro atoms. The van der Waals surface area contributed by atoms with E-state index >= 15 is 0 Å². The number of fused-ring (bicyclic) bond motifs is 5. The molecule has 3 aliphatic rings. The van der Waals surface area contributed by atoms with Gasteiger partial charge in [0.2, 0.25) is 11.8 Å². The Morgan fingerprint density at radius 1 is 1.06 bits per heavy atom. The fraction of sp³-hybridized carbons (Fsp3) is 0.289. The summed E-state index contributed by atoms with van der Waals surface area (Å²) in [6.07, 6.45) is 6.00. The van der Waals surface area contributed by atoms with Gasteiger partial charge in [-0.15, -0.1) is 21.5 Å². The van der Waals surface area contributed by atoms with Crippen LogP contribution >= 0.6 is 11.3 Å². The number of nitrogens with zero attached hydrogens (tertiary/aromatic N) is 5. The molecule has 1 aliphatic carbocycles. The monoisotopic (exact) mass is 690 g/mol. The lowest BCUT2D eigenvalue weighted by atomic mass is 9.93. The molecule has 9 rings (SSSR count). The topological polar surface area (TPSA) is 106 Å². The van der Waals surface area contributed by atoms with Crippen molar-refractivity contribution < 1.29 is 22.7 Å². The van der Waals surface area contributed by atoms with E-state index in [4.69, 9.17) is 19.1 Å². The van der Waals surface area contributed by atoms with E-state index in [-0.39, 0.29) is 29.6 Å². The molecule has 1 N–H and O–H groups in total. The van der Waals surface area contributed by atoms with Gasteiger partial charge in [-0.25, -0.2) is 13.8 Å². The third kappa shape index (κ3) is 4.95. The Kier molecular flexibility index (Phi) is 7.38. The van der Waals surface area contributed by atoms with Crippen LogP contribution in [0.4, 0.5) is 14.6 Å². The third-order valence-corrected chi connectivity index (χ3v) is 11.3. The number of hydrogen-bond donors (Lipinski definition) is 1. The normalized spacial score (nSPS) is 17.8. The fourth-order valence-corrected chi connectivity index (χ4v) is 9.09. The highest BCUT2D eigenvalue weighted by Gasteiger charge is 2.45. The van der Waals surface area contributed by atoms with Crippen LogP contribution in [0.3, 0.4) is 0 Å². The number of halogens is 2. The van der Waals surface area contributed by atoms with E-state index in [0.29, 0.717) is 60.3 Å². The van der Waals surface area contributed by atoms with Gasteiger partial charge in [0, 0.05) is 35.7 Å². The third-order valence-electron chi connectivity index (χ3n) is 10.1. The summed E-state index contributed by atoms with van der Waals surface area (Å²) in [5.74, 6) is 0.994. The van der Waals surface area contributed by atoms with Gasteiger partial charge in [-0.3, -0.25) is 9.78 Å². The molecule has 50 heavy (non-hydrogen) atoms. The minimum absolute atomic E-state index is 0.0446. The molecular weight excluding hydrogens is 659 g/mol. The summed E-state index contributed by atoms with van der Waals surface area (Å²) in [6.45, 7) is 2.41. The Bertz CT molecular complexity index is 2340. The summed E-state index contributed by atoms with van der Waals surface area (Å²) in [5.41, 5.74) is 6.14. The SMILES string of the molecule is COc1c(F)ccc2c1CCC2Nc1nccc2cc(-c3c4c(nc(CCc5cccc(F)c5)c3-c3nnc(C)o3)[C@@H]3CCCN3C4=O)sc12. The number of ether oxygens (including phenoxy) is 1. The average molecular weight is 691 g/mol. The zero-order valence-electron chi connectivity index (χ0n) is 27.4. The number of hydrogen-bond acceptors (Lipinski definition) is 9. The number of carbonyl (C=O) groups excluding carboxylic acids is 1. The van der Waals surface area contributed by atoms with Crippen LogP contribution in [0.5, 0.6) is 5.75 Å². The van der Waals surface area contributed by atoms with Gasteiger partial charge in [0.1, 0.15) is 11.6 Å². The first-order chi connectivity index (χ1) is 24.4. The highest BCUT2D eigenvalue weighted by molar-refractivity contribution is 7.23. The first kappa shape index (κ1) is 30.8. The van der Waals surface area contributed by atoms with Gasteiger partial charge in [-0.2, -0.15) is 0 Å². The molecule has 6 heterocycles. The molecule has 2 aliphatic heterocycles. The largest absolute Gasteiger partial charge is 0.493 e. The fourth-order valence-electron chi connectivity index (χ4n) is 7.93. The number of amides is 1. The van der Waals surface area contributed by atoms with E-state index in [1.54, 1.807) is 30.5 Å². The highest BCUT2D eigenvalue weighted by atomic mass is 32.1. The Morgan fingerprint density at radius 3 is 2.78 bits per heavy atom. The molecule has 1 saturated heterocycles. The second-order valence-electron chi connectivity index (χ2n) is 13.1. The maximum Gasteiger partial charge on any atom is 0.257 e. The van der Waals surface area contributed by atoms with Crippen molar-refractivity contribution in [2.24, 2.45) is 0 Å². The molecule has 0 bridgehead atoms. The van der Waals surface area contributed by atoms with Crippen molar-refractivity contribution in [1.29, 1.82) is 0 Å². The number of anilines is 1. The van der Waals surface area contributed by atoms with E-state index in [1.807, 2.05) is 23.1 Å². The zero-order chi connectivity index (χ0) is 34.1. The van der Waals surface area contributed by atoms with Gasteiger partial charge in [-0.05, 0) is 85.4 Å². The number of aryl methyl sites for hydroxylation is 3. The van der Waals surface area contributed by atoms with E-state index in [1.165, 1.54) is 25.3 Å². The molecule has 12 heteroatoms. The van der Waals surface area contributed by atoms with Crippen molar-refractivity contribution >= 4 is 33.1 Å². The second kappa shape index (κ2) is 12.0. The van der Waals surface area contributed by atoms with Crippen LogP contribution in [0.15, 0.2) is 59.1 Å². The van der Waals surface area contributed by atoms with Crippen LogP contribution in [0, 0.1) is 18.6 Å². The van der Waals surface area contributed by atoms with E-state index in [0.717, 1.165) is 67.9 Å². The van der Waals surface area contributed by atoms with E-state index in [9.17, 15) is 13.6 Å². The minimum Gasteiger partial charge on any atom is -0.493 e. The van der Waals surface area contributed by atoms with Gasteiger partial charge in [0.25, 0.3) is 5.91 Å². The van der Waals surface area contributed by atoms with Crippen LogP contribution in [-0.2, 0) is 19.3 Å². The Hall–Kier alpha value is -5.23. The number of thiophene rings is 1. The number of aromatic nitrogens is 4. The van der Waals surface area contributed by atoms with E-state index < -0.39 is 0 Å². The molecule has 9 nitrogen and oxygen atoms in total. The Morgan fingerprint density at radius 2 is 1.96 bits per heavy atom. The number of carbonyl (C=O) groups is 1. The summed E-state index contributed by atoms with van der Waals surface area (Å²) in [5, 5.41) is 13.2.